The monoisotopic (exact) mass is 272 g/mol. The van der Waals surface area contributed by atoms with Crippen molar-refractivity contribution < 1.29 is 4.74 Å². The van der Waals surface area contributed by atoms with Crippen LogP contribution in [0, 0.1) is 5.41 Å². The summed E-state index contributed by atoms with van der Waals surface area (Å²) in [5, 5.41) is 0. The average molecular weight is 272 g/mol. The zero-order chi connectivity index (χ0) is 13.4. The largest absolute Gasteiger partial charge is 0.378 e. The quantitative estimate of drug-likeness (QED) is 0.834. The zero-order valence-electron chi connectivity index (χ0n) is 12.3. The molecular formula is C14H28N2OS. The van der Waals surface area contributed by atoms with Crippen LogP contribution in [0.1, 0.15) is 34.1 Å². The molecule has 0 amide bonds. The number of morpholine rings is 1. The predicted molar refractivity (Wildman–Crippen MR) is 79.1 cm³/mol. The first kappa shape index (κ1) is 14.6. The van der Waals surface area contributed by atoms with Crippen LogP contribution in [0.25, 0.3) is 0 Å². The van der Waals surface area contributed by atoms with Gasteiger partial charge in [0.05, 0.1) is 13.2 Å². The second-order valence-electron chi connectivity index (χ2n) is 7.28. The molecule has 0 aromatic carbocycles. The molecular weight excluding hydrogens is 244 g/mol. The third-order valence-electron chi connectivity index (χ3n) is 4.27. The second kappa shape index (κ2) is 4.97. The van der Waals surface area contributed by atoms with Crippen LogP contribution in [0.4, 0.5) is 0 Å². The lowest BCUT2D eigenvalue weighted by molar-refractivity contribution is -0.107. The lowest BCUT2D eigenvalue weighted by Gasteiger charge is -2.57. The maximum atomic E-state index is 6.22. The Morgan fingerprint density at radius 2 is 1.94 bits per heavy atom. The van der Waals surface area contributed by atoms with Crippen LogP contribution in [-0.4, -0.2) is 53.8 Å². The molecule has 2 saturated heterocycles. The molecule has 1 unspecified atom stereocenters. The van der Waals surface area contributed by atoms with Gasteiger partial charge in [0.1, 0.15) is 0 Å². The normalized spacial score (nSPS) is 36.5. The van der Waals surface area contributed by atoms with Gasteiger partial charge in [0.2, 0.25) is 0 Å². The molecule has 4 heteroatoms. The van der Waals surface area contributed by atoms with E-state index < -0.39 is 0 Å². The predicted octanol–water partition coefficient (Wildman–Crippen LogP) is 1.96. The number of ether oxygens (including phenoxy) is 1. The van der Waals surface area contributed by atoms with Crippen molar-refractivity contribution in [2.75, 3.05) is 37.8 Å². The van der Waals surface area contributed by atoms with Gasteiger partial charge in [-0.3, -0.25) is 4.90 Å². The van der Waals surface area contributed by atoms with Gasteiger partial charge < -0.3 is 10.5 Å². The second-order valence-corrected chi connectivity index (χ2v) is 8.26. The first-order valence-electron chi connectivity index (χ1n) is 6.95. The molecule has 0 aliphatic carbocycles. The summed E-state index contributed by atoms with van der Waals surface area (Å²) >= 11 is 2.07. The van der Waals surface area contributed by atoms with Gasteiger partial charge in [0, 0.05) is 29.9 Å². The van der Waals surface area contributed by atoms with Gasteiger partial charge in [0.15, 0.2) is 0 Å². The van der Waals surface area contributed by atoms with Gasteiger partial charge in [-0.1, -0.05) is 13.8 Å². The topological polar surface area (TPSA) is 38.5 Å². The van der Waals surface area contributed by atoms with Crippen LogP contribution < -0.4 is 5.73 Å². The highest BCUT2D eigenvalue weighted by atomic mass is 32.2. The summed E-state index contributed by atoms with van der Waals surface area (Å²) in [5.41, 5.74) is 6.86. The third-order valence-corrected chi connectivity index (χ3v) is 6.00. The van der Waals surface area contributed by atoms with Crippen molar-refractivity contribution in [1.82, 2.24) is 4.90 Å². The lowest BCUT2D eigenvalue weighted by atomic mass is 9.77. The summed E-state index contributed by atoms with van der Waals surface area (Å²) in [7, 11) is 0. The van der Waals surface area contributed by atoms with Crippen LogP contribution >= 0.6 is 11.8 Å². The van der Waals surface area contributed by atoms with E-state index in [9.17, 15) is 0 Å². The Balaban J connectivity index is 2.25. The van der Waals surface area contributed by atoms with Gasteiger partial charge in [-0.2, -0.15) is 11.8 Å². The van der Waals surface area contributed by atoms with Crippen molar-refractivity contribution in [1.29, 1.82) is 0 Å². The molecule has 0 bridgehead atoms. The van der Waals surface area contributed by atoms with Crippen molar-refractivity contribution in [2.45, 2.75) is 45.2 Å². The number of nitrogens with two attached hydrogens (primary N) is 1. The Morgan fingerprint density at radius 1 is 1.22 bits per heavy atom. The van der Waals surface area contributed by atoms with Crippen molar-refractivity contribution in [3.05, 3.63) is 0 Å². The van der Waals surface area contributed by atoms with E-state index in [1.54, 1.807) is 0 Å². The Labute approximate surface area is 116 Å². The summed E-state index contributed by atoms with van der Waals surface area (Å²) in [6.45, 7) is 12.8. The zero-order valence-corrected chi connectivity index (χ0v) is 13.1. The van der Waals surface area contributed by atoms with E-state index in [1.807, 2.05) is 0 Å². The summed E-state index contributed by atoms with van der Waals surface area (Å²) in [4.78, 5) is 2.64. The summed E-state index contributed by atoms with van der Waals surface area (Å²) in [5.74, 6) is 2.41. The van der Waals surface area contributed by atoms with Gasteiger partial charge >= 0.3 is 0 Å². The molecule has 2 rings (SSSR count). The van der Waals surface area contributed by atoms with Crippen LogP contribution in [0.3, 0.4) is 0 Å². The number of thioether (sulfide) groups is 1. The number of hydrogen-bond donors (Lipinski definition) is 1. The Morgan fingerprint density at radius 3 is 2.50 bits per heavy atom. The van der Waals surface area contributed by atoms with Gasteiger partial charge in [-0.25, -0.2) is 0 Å². The highest BCUT2D eigenvalue weighted by Gasteiger charge is 2.49. The van der Waals surface area contributed by atoms with Crippen molar-refractivity contribution in [3.63, 3.8) is 0 Å². The SMILES string of the molecule is CC1(C)CSCC(CN)(N2CCOCC2(C)C)C1. The number of rotatable bonds is 2. The molecule has 2 fully saturated rings. The molecule has 2 N–H and O–H groups in total. The molecule has 3 nitrogen and oxygen atoms in total. The highest BCUT2D eigenvalue weighted by molar-refractivity contribution is 7.99. The van der Waals surface area contributed by atoms with Gasteiger partial charge in [0.25, 0.3) is 0 Å². The standard InChI is InChI=1S/C14H28N2OS/c1-12(2)7-14(8-15,11-18-10-12)16-5-6-17-9-13(16,3)4/h5-11,15H2,1-4H3. The minimum atomic E-state index is 0.103. The minimum absolute atomic E-state index is 0.103. The molecule has 2 aliphatic rings. The van der Waals surface area contributed by atoms with E-state index in [-0.39, 0.29) is 11.1 Å². The first-order valence-corrected chi connectivity index (χ1v) is 8.10. The molecule has 0 radical (unpaired) electrons. The Bertz CT molecular complexity index is 306. The van der Waals surface area contributed by atoms with Crippen LogP contribution in [0.5, 0.6) is 0 Å². The summed E-state index contributed by atoms with van der Waals surface area (Å²) < 4.78 is 5.66. The number of hydrogen-bond acceptors (Lipinski definition) is 4. The summed E-state index contributed by atoms with van der Waals surface area (Å²) in [6, 6.07) is 0. The lowest BCUT2D eigenvalue weighted by Crippen LogP contribution is -2.69. The third kappa shape index (κ3) is 2.72. The average Bonchev–Trinajstić information content (AvgIpc) is 2.26. The van der Waals surface area contributed by atoms with E-state index >= 15 is 0 Å². The summed E-state index contributed by atoms with van der Waals surface area (Å²) in [6.07, 6.45) is 1.20. The molecule has 0 spiro atoms. The molecule has 0 saturated carbocycles. The van der Waals surface area contributed by atoms with Crippen molar-refractivity contribution in [2.24, 2.45) is 11.1 Å². The fraction of sp³-hybridized carbons (Fsp3) is 1.00. The first-order chi connectivity index (χ1) is 8.31. The van der Waals surface area contributed by atoms with Crippen LogP contribution in [0.15, 0.2) is 0 Å². The highest BCUT2D eigenvalue weighted by Crippen LogP contribution is 2.44. The maximum absolute atomic E-state index is 6.22. The van der Waals surface area contributed by atoms with Crippen LogP contribution in [0.2, 0.25) is 0 Å². The van der Waals surface area contributed by atoms with Gasteiger partial charge in [-0.15, -0.1) is 0 Å². The minimum Gasteiger partial charge on any atom is -0.378 e. The molecule has 106 valence electrons. The van der Waals surface area contributed by atoms with E-state index in [1.165, 1.54) is 12.2 Å². The fourth-order valence-corrected chi connectivity index (χ4v) is 5.17. The van der Waals surface area contributed by atoms with E-state index in [4.69, 9.17) is 10.5 Å². The molecule has 0 aromatic heterocycles. The Hall–Kier alpha value is 0.230. The van der Waals surface area contributed by atoms with Gasteiger partial charge in [-0.05, 0) is 31.4 Å². The van der Waals surface area contributed by atoms with Crippen molar-refractivity contribution in [3.8, 4) is 0 Å². The fourth-order valence-electron chi connectivity index (χ4n) is 3.66. The van der Waals surface area contributed by atoms with E-state index in [2.05, 4.69) is 44.4 Å². The smallest absolute Gasteiger partial charge is 0.0645 e. The van der Waals surface area contributed by atoms with Crippen molar-refractivity contribution >= 4 is 11.8 Å². The number of nitrogens with zero attached hydrogens (tertiary/aromatic N) is 1. The maximum Gasteiger partial charge on any atom is 0.0645 e. The molecule has 1 atom stereocenters. The van der Waals surface area contributed by atoms with E-state index in [0.717, 1.165) is 32.1 Å². The van der Waals surface area contributed by atoms with Crippen LogP contribution in [-0.2, 0) is 4.74 Å². The molecule has 18 heavy (non-hydrogen) atoms. The molecule has 2 heterocycles. The Kier molecular flexibility index (Phi) is 4.04. The molecule has 2 aliphatic heterocycles. The molecule has 0 aromatic rings. The van der Waals surface area contributed by atoms with E-state index in [0.29, 0.717) is 5.41 Å².